The monoisotopic (exact) mass is 287 g/mol. The highest BCUT2D eigenvalue weighted by Gasteiger charge is 2.33. The predicted molar refractivity (Wildman–Crippen MR) is 81.5 cm³/mol. The molecule has 1 atom stereocenters. The van der Waals surface area contributed by atoms with Crippen molar-refractivity contribution in [1.82, 2.24) is 10.2 Å². The quantitative estimate of drug-likeness (QED) is 0.922. The maximum absolute atomic E-state index is 12.6. The maximum atomic E-state index is 12.6. The first kappa shape index (κ1) is 13.9. The second-order valence-electron chi connectivity index (χ2n) is 5.93. The van der Waals surface area contributed by atoms with Crippen LogP contribution in [0, 0.1) is 5.92 Å². The summed E-state index contributed by atoms with van der Waals surface area (Å²) in [7, 11) is 1.86. The van der Waals surface area contributed by atoms with E-state index in [0.717, 1.165) is 5.69 Å². The van der Waals surface area contributed by atoms with E-state index < -0.39 is 0 Å². The normalized spacial score (nSPS) is 19.3. The van der Waals surface area contributed by atoms with Gasteiger partial charge in [-0.2, -0.15) is 0 Å². The van der Waals surface area contributed by atoms with Crippen LogP contribution in [0.15, 0.2) is 24.3 Å². The zero-order valence-electron chi connectivity index (χ0n) is 12.5. The third-order valence-electron chi connectivity index (χ3n) is 4.50. The van der Waals surface area contributed by atoms with E-state index in [0.29, 0.717) is 24.6 Å². The zero-order chi connectivity index (χ0) is 15.0. The standard InChI is InChI=1S/C16H21N3O2/c1-11(12-6-7-12)18(2)15(20)13-4-3-5-14(10-13)19-9-8-17-16(19)21/h3-5,10-12H,6-9H2,1-2H3,(H,17,21). The Morgan fingerprint density at radius 1 is 1.43 bits per heavy atom. The minimum absolute atomic E-state index is 0.0239. The number of benzene rings is 1. The third kappa shape index (κ3) is 2.73. The molecular weight excluding hydrogens is 266 g/mol. The first-order valence-electron chi connectivity index (χ1n) is 7.50. The number of carbonyl (C=O) groups excluding carboxylic acids is 2. The molecule has 1 aliphatic heterocycles. The van der Waals surface area contributed by atoms with Gasteiger partial charge in [0.2, 0.25) is 0 Å². The van der Waals surface area contributed by atoms with Crippen LogP contribution >= 0.6 is 0 Å². The molecule has 1 heterocycles. The van der Waals surface area contributed by atoms with Crippen molar-refractivity contribution in [3.8, 4) is 0 Å². The molecule has 0 bridgehead atoms. The molecule has 5 nitrogen and oxygen atoms in total. The summed E-state index contributed by atoms with van der Waals surface area (Å²) >= 11 is 0. The fraction of sp³-hybridized carbons (Fsp3) is 0.500. The molecule has 1 N–H and O–H groups in total. The molecule has 1 aromatic carbocycles. The lowest BCUT2D eigenvalue weighted by molar-refractivity contribution is 0.0727. The van der Waals surface area contributed by atoms with Crippen molar-refractivity contribution in [3.63, 3.8) is 0 Å². The average molecular weight is 287 g/mol. The highest BCUT2D eigenvalue weighted by Crippen LogP contribution is 2.35. The van der Waals surface area contributed by atoms with Gasteiger partial charge >= 0.3 is 6.03 Å². The van der Waals surface area contributed by atoms with Crippen molar-refractivity contribution < 1.29 is 9.59 Å². The SMILES string of the molecule is CC(C1CC1)N(C)C(=O)c1cccc(N2CCNC2=O)c1. The van der Waals surface area contributed by atoms with E-state index in [9.17, 15) is 9.59 Å². The molecule has 2 fully saturated rings. The summed E-state index contributed by atoms with van der Waals surface area (Å²) in [6.07, 6.45) is 2.43. The highest BCUT2D eigenvalue weighted by molar-refractivity contribution is 5.98. The largest absolute Gasteiger partial charge is 0.339 e. The topological polar surface area (TPSA) is 52.7 Å². The molecule has 0 spiro atoms. The molecule has 0 aromatic heterocycles. The molecule has 0 radical (unpaired) electrons. The lowest BCUT2D eigenvalue weighted by Crippen LogP contribution is -2.36. The fourth-order valence-corrected chi connectivity index (χ4v) is 2.81. The van der Waals surface area contributed by atoms with Crippen molar-refractivity contribution in [3.05, 3.63) is 29.8 Å². The molecular formula is C16H21N3O2. The maximum Gasteiger partial charge on any atom is 0.321 e. The van der Waals surface area contributed by atoms with Gasteiger partial charge in [-0.15, -0.1) is 0 Å². The van der Waals surface area contributed by atoms with Crippen LogP contribution in [0.1, 0.15) is 30.1 Å². The molecule has 1 aromatic rings. The molecule has 1 saturated carbocycles. The van der Waals surface area contributed by atoms with E-state index in [4.69, 9.17) is 0 Å². The molecule has 1 aliphatic carbocycles. The van der Waals surface area contributed by atoms with E-state index in [1.165, 1.54) is 12.8 Å². The van der Waals surface area contributed by atoms with Crippen molar-refractivity contribution in [1.29, 1.82) is 0 Å². The van der Waals surface area contributed by atoms with Crippen LogP contribution in [0.5, 0.6) is 0 Å². The van der Waals surface area contributed by atoms with Gasteiger partial charge in [0.05, 0.1) is 0 Å². The summed E-state index contributed by atoms with van der Waals surface area (Å²) in [4.78, 5) is 27.8. The number of anilines is 1. The number of hydrogen-bond acceptors (Lipinski definition) is 2. The lowest BCUT2D eigenvalue weighted by Gasteiger charge is -2.25. The lowest BCUT2D eigenvalue weighted by atomic mass is 10.1. The molecule has 1 saturated heterocycles. The van der Waals surface area contributed by atoms with Crippen LogP contribution < -0.4 is 10.2 Å². The molecule has 21 heavy (non-hydrogen) atoms. The van der Waals surface area contributed by atoms with Crippen LogP contribution in [-0.2, 0) is 0 Å². The summed E-state index contributed by atoms with van der Waals surface area (Å²) in [5.74, 6) is 0.669. The summed E-state index contributed by atoms with van der Waals surface area (Å²) in [5, 5.41) is 2.77. The minimum atomic E-state index is -0.0979. The number of rotatable bonds is 4. The Labute approximate surface area is 124 Å². The van der Waals surface area contributed by atoms with Crippen molar-refractivity contribution >= 4 is 17.6 Å². The van der Waals surface area contributed by atoms with Crippen LogP contribution in [-0.4, -0.2) is 43.0 Å². The second kappa shape index (κ2) is 5.39. The number of carbonyl (C=O) groups is 2. The van der Waals surface area contributed by atoms with Gasteiger partial charge in [-0.1, -0.05) is 6.07 Å². The van der Waals surface area contributed by atoms with Crippen LogP contribution in [0.3, 0.4) is 0 Å². The van der Waals surface area contributed by atoms with E-state index >= 15 is 0 Å². The molecule has 5 heteroatoms. The van der Waals surface area contributed by atoms with E-state index in [-0.39, 0.29) is 18.0 Å². The summed E-state index contributed by atoms with van der Waals surface area (Å²) in [5.41, 5.74) is 1.42. The summed E-state index contributed by atoms with van der Waals surface area (Å²) < 4.78 is 0. The van der Waals surface area contributed by atoms with Crippen LogP contribution in [0.2, 0.25) is 0 Å². The van der Waals surface area contributed by atoms with Gasteiger partial charge < -0.3 is 10.2 Å². The van der Waals surface area contributed by atoms with Gasteiger partial charge in [0, 0.05) is 37.4 Å². The highest BCUT2D eigenvalue weighted by atomic mass is 16.2. The summed E-state index contributed by atoms with van der Waals surface area (Å²) in [6, 6.07) is 7.50. The van der Waals surface area contributed by atoms with E-state index in [1.54, 1.807) is 4.90 Å². The number of urea groups is 1. The molecule has 2 aliphatic rings. The molecule has 3 rings (SSSR count). The van der Waals surface area contributed by atoms with Crippen LogP contribution in [0.25, 0.3) is 0 Å². The zero-order valence-corrected chi connectivity index (χ0v) is 12.5. The Morgan fingerprint density at radius 3 is 2.81 bits per heavy atom. The predicted octanol–water partition coefficient (Wildman–Crippen LogP) is 2.09. The van der Waals surface area contributed by atoms with E-state index in [2.05, 4.69) is 12.2 Å². The second-order valence-corrected chi connectivity index (χ2v) is 5.93. The van der Waals surface area contributed by atoms with Gasteiger partial charge in [-0.25, -0.2) is 4.79 Å². The average Bonchev–Trinajstić information content (AvgIpc) is 3.27. The smallest absolute Gasteiger partial charge is 0.321 e. The van der Waals surface area contributed by atoms with E-state index in [1.807, 2.05) is 36.2 Å². The van der Waals surface area contributed by atoms with Gasteiger partial charge in [0.1, 0.15) is 0 Å². The number of hydrogen-bond donors (Lipinski definition) is 1. The third-order valence-corrected chi connectivity index (χ3v) is 4.50. The van der Waals surface area contributed by atoms with Gasteiger partial charge in [-0.05, 0) is 43.9 Å². The Kier molecular flexibility index (Phi) is 3.57. The van der Waals surface area contributed by atoms with Gasteiger partial charge in [0.25, 0.3) is 5.91 Å². The van der Waals surface area contributed by atoms with Crippen molar-refractivity contribution in [2.75, 3.05) is 25.0 Å². The Bertz CT molecular complexity index is 568. The first-order chi connectivity index (χ1) is 10.1. The van der Waals surface area contributed by atoms with Crippen LogP contribution in [0.4, 0.5) is 10.5 Å². The Morgan fingerprint density at radius 2 is 2.19 bits per heavy atom. The molecule has 112 valence electrons. The van der Waals surface area contributed by atoms with Crippen molar-refractivity contribution in [2.45, 2.75) is 25.8 Å². The van der Waals surface area contributed by atoms with Gasteiger partial charge in [-0.3, -0.25) is 9.69 Å². The Balaban J connectivity index is 1.78. The number of amides is 3. The number of nitrogens with one attached hydrogen (secondary N) is 1. The van der Waals surface area contributed by atoms with Gasteiger partial charge in [0.15, 0.2) is 0 Å². The molecule has 1 unspecified atom stereocenters. The number of nitrogens with zero attached hydrogens (tertiary/aromatic N) is 2. The summed E-state index contributed by atoms with van der Waals surface area (Å²) in [6.45, 7) is 3.40. The minimum Gasteiger partial charge on any atom is -0.339 e. The molecule has 3 amide bonds. The first-order valence-corrected chi connectivity index (χ1v) is 7.50. The fourth-order valence-electron chi connectivity index (χ4n) is 2.81. The Hall–Kier alpha value is -2.04. The van der Waals surface area contributed by atoms with Crippen molar-refractivity contribution in [2.24, 2.45) is 5.92 Å².